The summed E-state index contributed by atoms with van der Waals surface area (Å²) in [5.74, 6) is 0.765. The lowest BCUT2D eigenvalue weighted by Crippen LogP contribution is -2.33. The molecule has 2 aliphatic heterocycles. The molecule has 1 atom stereocenters. The summed E-state index contributed by atoms with van der Waals surface area (Å²) < 4.78 is 5.36. The molecule has 0 spiro atoms. The monoisotopic (exact) mass is 275 g/mol. The first-order valence-corrected chi connectivity index (χ1v) is 7.47. The van der Waals surface area contributed by atoms with Crippen LogP contribution in [-0.4, -0.2) is 40.5 Å². The highest BCUT2D eigenvalue weighted by molar-refractivity contribution is 5.77. The molecule has 1 aromatic heterocycles. The molecular weight excluding hydrogens is 254 g/mol. The number of hydrogen-bond acceptors (Lipinski definition) is 4. The number of hydrogen-bond donors (Lipinski definition) is 0. The van der Waals surface area contributed by atoms with Crippen LogP contribution in [0.5, 0.6) is 0 Å². The Kier molecular flexibility index (Phi) is 4.25. The van der Waals surface area contributed by atoms with Gasteiger partial charge >= 0.3 is 0 Å². The van der Waals surface area contributed by atoms with Gasteiger partial charge < -0.3 is 9.64 Å². The second-order valence-electron chi connectivity index (χ2n) is 5.64. The zero-order valence-electron chi connectivity index (χ0n) is 11.7. The normalized spacial score (nSPS) is 24.0. The van der Waals surface area contributed by atoms with E-state index < -0.39 is 0 Å². The van der Waals surface area contributed by atoms with Gasteiger partial charge in [0.2, 0.25) is 5.91 Å². The van der Waals surface area contributed by atoms with E-state index in [4.69, 9.17) is 4.74 Å². The maximum atomic E-state index is 12.5. The van der Waals surface area contributed by atoms with Gasteiger partial charge in [-0.05, 0) is 37.7 Å². The van der Waals surface area contributed by atoms with Crippen molar-refractivity contribution in [1.82, 2.24) is 14.9 Å². The van der Waals surface area contributed by atoms with Gasteiger partial charge in [0.05, 0.1) is 11.7 Å². The van der Waals surface area contributed by atoms with Crippen LogP contribution >= 0.6 is 0 Å². The molecule has 2 saturated heterocycles. The maximum Gasteiger partial charge on any atom is 0.223 e. The van der Waals surface area contributed by atoms with Crippen molar-refractivity contribution in [3.05, 3.63) is 24.3 Å². The van der Waals surface area contributed by atoms with Crippen molar-refractivity contribution in [2.24, 2.45) is 5.92 Å². The van der Waals surface area contributed by atoms with Gasteiger partial charge in [-0.2, -0.15) is 0 Å². The van der Waals surface area contributed by atoms with Crippen molar-refractivity contribution >= 4 is 5.91 Å². The lowest BCUT2D eigenvalue weighted by molar-refractivity contribution is -0.133. The maximum absolute atomic E-state index is 12.5. The molecule has 2 fully saturated rings. The lowest BCUT2D eigenvalue weighted by Gasteiger charge is -2.28. The van der Waals surface area contributed by atoms with Crippen molar-refractivity contribution in [1.29, 1.82) is 0 Å². The Morgan fingerprint density at radius 2 is 2.20 bits per heavy atom. The molecule has 3 rings (SSSR count). The number of nitrogens with zero attached hydrogens (tertiary/aromatic N) is 3. The molecule has 0 radical (unpaired) electrons. The molecule has 1 aromatic rings. The van der Waals surface area contributed by atoms with Crippen molar-refractivity contribution in [3.8, 4) is 0 Å². The third kappa shape index (κ3) is 2.98. The van der Waals surface area contributed by atoms with Gasteiger partial charge in [-0.3, -0.25) is 4.79 Å². The highest BCUT2D eigenvalue weighted by Gasteiger charge is 2.32. The van der Waals surface area contributed by atoms with E-state index in [2.05, 4.69) is 9.97 Å². The topological polar surface area (TPSA) is 55.3 Å². The van der Waals surface area contributed by atoms with Crippen LogP contribution in [0.3, 0.4) is 0 Å². The Morgan fingerprint density at radius 3 is 2.95 bits per heavy atom. The minimum Gasteiger partial charge on any atom is -0.381 e. The van der Waals surface area contributed by atoms with Crippen molar-refractivity contribution < 1.29 is 9.53 Å². The molecule has 0 N–H and O–H groups in total. The summed E-state index contributed by atoms with van der Waals surface area (Å²) in [5, 5.41) is 0. The minimum absolute atomic E-state index is 0.144. The van der Waals surface area contributed by atoms with Gasteiger partial charge in [0.1, 0.15) is 6.33 Å². The molecule has 0 saturated carbocycles. The van der Waals surface area contributed by atoms with E-state index >= 15 is 0 Å². The number of rotatable bonds is 3. The summed E-state index contributed by atoms with van der Waals surface area (Å²) >= 11 is 0. The molecule has 108 valence electrons. The zero-order valence-corrected chi connectivity index (χ0v) is 11.7. The summed E-state index contributed by atoms with van der Waals surface area (Å²) in [7, 11) is 0. The number of amides is 1. The first kappa shape index (κ1) is 13.5. The number of carbonyl (C=O) groups is 1. The molecule has 20 heavy (non-hydrogen) atoms. The molecule has 1 unspecified atom stereocenters. The van der Waals surface area contributed by atoms with Gasteiger partial charge in [-0.15, -0.1) is 0 Å². The van der Waals surface area contributed by atoms with Crippen LogP contribution in [0.2, 0.25) is 0 Å². The molecular formula is C15H21N3O2. The first-order valence-electron chi connectivity index (χ1n) is 7.47. The Hall–Kier alpha value is -1.49. The van der Waals surface area contributed by atoms with Crippen LogP contribution < -0.4 is 0 Å². The molecule has 0 aliphatic carbocycles. The Balaban J connectivity index is 1.64. The molecule has 1 amide bonds. The van der Waals surface area contributed by atoms with Crippen LogP contribution in [0.1, 0.15) is 43.8 Å². The van der Waals surface area contributed by atoms with Crippen LogP contribution in [0, 0.1) is 5.92 Å². The van der Waals surface area contributed by atoms with Gasteiger partial charge in [-0.25, -0.2) is 9.97 Å². The first-order chi connectivity index (χ1) is 9.84. The summed E-state index contributed by atoms with van der Waals surface area (Å²) in [6.45, 7) is 2.46. The predicted octanol–water partition coefficient (Wildman–Crippen LogP) is 1.96. The van der Waals surface area contributed by atoms with Gasteiger partial charge in [0, 0.05) is 32.4 Å². The fraction of sp³-hybridized carbons (Fsp3) is 0.667. The second-order valence-corrected chi connectivity index (χ2v) is 5.64. The number of carbonyl (C=O) groups excluding carboxylic acids is 1. The lowest BCUT2D eigenvalue weighted by atomic mass is 9.95. The van der Waals surface area contributed by atoms with Crippen LogP contribution in [0.4, 0.5) is 0 Å². The summed E-state index contributed by atoms with van der Waals surface area (Å²) in [5.41, 5.74) is 0.970. The molecule has 0 bridgehead atoms. The average Bonchev–Trinajstić information content (AvgIpc) is 2.99. The minimum atomic E-state index is 0.144. The molecule has 3 heterocycles. The van der Waals surface area contributed by atoms with Crippen LogP contribution in [0.25, 0.3) is 0 Å². The summed E-state index contributed by atoms with van der Waals surface area (Å²) in [4.78, 5) is 22.8. The van der Waals surface area contributed by atoms with E-state index in [1.54, 1.807) is 12.5 Å². The Bertz CT molecular complexity index is 446. The highest BCUT2D eigenvalue weighted by Crippen LogP contribution is 2.32. The molecule has 0 aromatic carbocycles. The Labute approximate surface area is 119 Å². The van der Waals surface area contributed by atoms with E-state index in [0.717, 1.165) is 51.1 Å². The zero-order chi connectivity index (χ0) is 13.8. The van der Waals surface area contributed by atoms with Crippen LogP contribution in [0.15, 0.2) is 18.6 Å². The molecule has 5 nitrogen and oxygen atoms in total. The predicted molar refractivity (Wildman–Crippen MR) is 73.9 cm³/mol. The molecule has 5 heteroatoms. The van der Waals surface area contributed by atoms with Gasteiger partial charge in [-0.1, -0.05) is 0 Å². The standard InChI is InChI=1S/C15H21N3O2/c19-15(10-12-4-8-20-9-5-12)18-7-1-2-14(18)13-3-6-16-11-17-13/h3,6,11-12,14H,1-2,4-5,7-10H2. The summed E-state index contributed by atoms with van der Waals surface area (Å²) in [6.07, 6.45) is 8.07. The third-order valence-electron chi connectivity index (χ3n) is 4.32. The van der Waals surface area contributed by atoms with Crippen LogP contribution in [-0.2, 0) is 9.53 Å². The van der Waals surface area contributed by atoms with Gasteiger partial charge in [0.15, 0.2) is 0 Å². The van der Waals surface area contributed by atoms with E-state index in [-0.39, 0.29) is 11.9 Å². The number of aromatic nitrogens is 2. The molecule has 2 aliphatic rings. The third-order valence-corrected chi connectivity index (χ3v) is 4.32. The quantitative estimate of drug-likeness (QED) is 0.846. The fourth-order valence-corrected chi connectivity index (χ4v) is 3.19. The SMILES string of the molecule is O=C(CC1CCOCC1)N1CCCC1c1ccncn1. The fourth-order valence-electron chi connectivity index (χ4n) is 3.19. The van der Waals surface area contributed by atoms with E-state index in [0.29, 0.717) is 12.3 Å². The smallest absolute Gasteiger partial charge is 0.223 e. The Morgan fingerprint density at radius 1 is 1.35 bits per heavy atom. The summed E-state index contributed by atoms with van der Waals surface area (Å²) in [6, 6.07) is 2.07. The van der Waals surface area contributed by atoms with Gasteiger partial charge in [0.25, 0.3) is 0 Å². The van der Waals surface area contributed by atoms with Crippen molar-refractivity contribution in [3.63, 3.8) is 0 Å². The largest absolute Gasteiger partial charge is 0.381 e. The average molecular weight is 275 g/mol. The van der Waals surface area contributed by atoms with E-state index in [1.807, 2.05) is 11.0 Å². The highest BCUT2D eigenvalue weighted by atomic mass is 16.5. The van der Waals surface area contributed by atoms with E-state index in [9.17, 15) is 4.79 Å². The number of ether oxygens (including phenoxy) is 1. The van der Waals surface area contributed by atoms with Crippen molar-refractivity contribution in [2.45, 2.75) is 38.1 Å². The second kappa shape index (κ2) is 6.31. The number of likely N-dealkylation sites (tertiary alicyclic amines) is 1. The van der Waals surface area contributed by atoms with Crippen molar-refractivity contribution in [2.75, 3.05) is 19.8 Å². The van der Waals surface area contributed by atoms with E-state index in [1.165, 1.54) is 0 Å².